The Kier molecular flexibility index (Phi) is 7.59. The molecule has 264 valence electrons. The average molecular weight is 717 g/mol. The number of imidazole rings is 1. The summed E-state index contributed by atoms with van der Waals surface area (Å²) in [6.45, 7) is 0.788. The zero-order valence-electron chi connectivity index (χ0n) is 30.6. The van der Waals surface area contributed by atoms with E-state index in [1.54, 1.807) is 0 Å². The van der Waals surface area contributed by atoms with E-state index in [1.165, 1.54) is 54.9 Å². The summed E-state index contributed by atoms with van der Waals surface area (Å²) in [5.41, 5.74) is 14.9. The first-order chi connectivity index (χ1) is 27.8. The van der Waals surface area contributed by atoms with Gasteiger partial charge in [0.1, 0.15) is 11.8 Å². The van der Waals surface area contributed by atoms with Crippen LogP contribution in [0.25, 0.3) is 77.4 Å². The van der Waals surface area contributed by atoms with E-state index in [2.05, 4.69) is 204 Å². The van der Waals surface area contributed by atoms with Crippen molar-refractivity contribution in [2.24, 2.45) is 4.99 Å². The number of pyridine rings is 1. The lowest BCUT2D eigenvalue weighted by Gasteiger charge is -2.26. The molecule has 0 fully saturated rings. The molecule has 0 bridgehead atoms. The zero-order valence-corrected chi connectivity index (χ0v) is 30.6. The molecule has 0 radical (unpaired) electrons. The fraction of sp³-hybridized carbons (Fsp3) is 0.0385. The van der Waals surface area contributed by atoms with Gasteiger partial charge in [-0.1, -0.05) is 164 Å². The van der Waals surface area contributed by atoms with Crippen molar-refractivity contribution in [3.8, 4) is 44.6 Å². The molecule has 0 saturated heterocycles. The molecule has 56 heavy (non-hydrogen) atoms. The van der Waals surface area contributed by atoms with E-state index in [1.807, 2.05) is 6.07 Å². The van der Waals surface area contributed by atoms with Gasteiger partial charge in [0, 0.05) is 35.3 Å². The first kappa shape index (κ1) is 32.2. The van der Waals surface area contributed by atoms with Crippen molar-refractivity contribution in [1.29, 1.82) is 0 Å². The third-order valence-corrected chi connectivity index (χ3v) is 11.3. The van der Waals surface area contributed by atoms with Gasteiger partial charge in [-0.3, -0.25) is 4.99 Å². The number of aliphatic imine (C=N–C) groups is 1. The van der Waals surface area contributed by atoms with Crippen LogP contribution in [0.3, 0.4) is 0 Å². The largest absolute Gasteiger partial charge is 0.346 e. The van der Waals surface area contributed by atoms with E-state index in [4.69, 9.17) is 9.98 Å². The smallest absolute Gasteiger partial charge is 0.148 e. The molecule has 4 heterocycles. The van der Waals surface area contributed by atoms with Gasteiger partial charge in [0.05, 0.1) is 18.0 Å². The van der Waals surface area contributed by atoms with Crippen molar-refractivity contribution in [3.63, 3.8) is 0 Å². The van der Waals surface area contributed by atoms with E-state index >= 15 is 0 Å². The maximum absolute atomic E-state index is 5.26. The lowest BCUT2D eigenvalue weighted by molar-refractivity contribution is 0.403. The molecule has 4 nitrogen and oxygen atoms in total. The topological polar surface area (TPSA) is 32.9 Å². The van der Waals surface area contributed by atoms with Crippen LogP contribution in [0.1, 0.15) is 11.1 Å². The van der Waals surface area contributed by atoms with Crippen LogP contribution in [-0.4, -0.2) is 32.7 Å². The van der Waals surface area contributed by atoms with Gasteiger partial charge in [-0.15, -0.1) is 0 Å². The summed E-state index contributed by atoms with van der Waals surface area (Å²) in [6.07, 6.45) is 10.7. The number of fused-ring (bicyclic) bond motifs is 4. The monoisotopic (exact) mass is 716 g/mol. The van der Waals surface area contributed by atoms with Crippen molar-refractivity contribution in [2.45, 2.75) is 6.17 Å². The van der Waals surface area contributed by atoms with Gasteiger partial charge in [0.15, 0.2) is 0 Å². The number of allylic oxidation sites excluding steroid dienone is 2. The highest BCUT2D eigenvalue weighted by Gasteiger charge is 2.30. The molecular weight excluding hydrogens is 681 g/mol. The summed E-state index contributed by atoms with van der Waals surface area (Å²) in [7, 11) is 0. The normalized spacial score (nSPS) is 15.0. The van der Waals surface area contributed by atoms with Gasteiger partial charge < -0.3 is 9.30 Å². The second kappa shape index (κ2) is 13.2. The van der Waals surface area contributed by atoms with Gasteiger partial charge in [-0.25, -0.2) is 4.98 Å². The van der Waals surface area contributed by atoms with Crippen LogP contribution < -0.4 is 0 Å². The molecule has 2 aliphatic heterocycles. The van der Waals surface area contributed by atoms with E-state index in [-0.39, 0.29) is 6.17 Å². The van der Waals surface area contributed by atoms with Crippen LogP contribution in [-0.2, 0) is 0 Å². The quantitative estimate of drug-likeness (QED) is 0.161. The summed E-state index contributed by atoms with van der Waals surface area (Å²) in [6, 6.07) is 61.0. The molecule has 0 saturated carbocycles. The van der Waals surface area contributed by atoms with Crippen LogP contribution in [0.15, 0.2) is 206 Å². The summed E-state index contributed by atoms with van der Waals surface area (Å²) in [4.78, 5) is 12.7. The minimum absolute atomic E-state index is 0.00135. The fourth-order valence-electron chi connectivity index (χ4n) is 8.67. The van der Waals surface area contributed by atoms with Crippen LogP contribution in [0.4, 0.5) is 0 Å². The first-order valence-corrected chi connectivity index (χ1v) is 19.2. The molecule has 9 aromatic rings. The van der Waals surface area contributed by atoms with Crippen molar-refractivity contribution in [3.05, 3.63) is 212 Å². The Morgan fingerprint density at radius 2 is 1.02 bits per heavy atom. The van der Waals surface area contributed by atoms with Gasteiger partial charge in [0.25, 0.3) is 0 Å². The molecule has 7 aromatic carbocycles. The highest BCUT2D eigenvalue weighted by atomic mass is 15.3. The van der Waals surface area contributed by atoms with Gasteiger partial charge in [0.2, 0.25) is 0 Å². The molecular formula is C52H36N4. The molecule has 2 aromatic heterocycles. The number of nitrogens with zero attached hydrogens (tertiary/aromatic N) is 4. The Hall–Kier alpha value is -7.30. The fourth-order valence-corrected chi connectivity index (χ4v) is 8.67. The van der Waals surface area contributed by atoms with Gasteiger partial charge in [-0.05, 0) is 78.7 Å². The minimum Gasteiger partial charge on any atom is -0.346 e. The van der Waals surface area contributed by atoms with Crippen molar-refractivity contribution >= 4 is 38.5 Å². The van der Waals surface area contributed by atoms with E-state index in [0.717, 1.165) is 45.9 Å². The number of benzene rings is 7. The lowest BCUT2D eigenvalue weighted by atomic mass is 9.85. The zero-order chi connectivity index (χ0) is 37.0. The Morgan fingerprint density at radius 3 is 1.62 bits per heavy atom. The number of hydrogen-bond donors (Lipinski definition) is 0. The second-order valence-corrected chi connectivity index (χ2v) is 14.6. The van der Waals surface area contributed by atoms with Gasteiger partial charge >= 0.3 is 0 Å². The number of aromatic nitrogens is 2. The van der Waals surface area contributed by atoms with Crippen LogP contribution in [0, 0.1) is 0 Å². The second-order valence-electron chi connectivity index (χ2n) is 14.6. The van der Waals surface area contributed by atoms with E-state index in [0.29, 0.717) is 0 Å². The minimum atomic E-state index is -0.00135. The Balaban J connectivity index is 0.958. The lowest BCUT2D eigenvalue weighted by Crippen LogP contribution is -2.28. The SMILES string of the molecule is C1=CN2CC(c3ccc(-c4c5ccccc5c(-c5ccc(-c6cn7cccc(-c8ccccc8)c7n6)cc5)c5ccccc45)cc3)=NC2C(c2ccccc2)=C1. The average Bonchev–Trinajstić information content (AvgIpc) is 3.92. The Bertz CT molecular complexity index is 2970. The molecule has 1 atom stereocenters. The first-order valence-electron chi connectivity index (χ1n) is 19.2. The van der Waals surface area contributed by atoms with Crippen LogP contribution >= 0.6 is 0 Å². The van der Waals surface area contributed by atoms with Crippen LogP contribution in [0.2, 0.25) is 0 Å². The highest BCUT2D eigenvalue weighted by Crippen LogP contribution is 2.44. The Labute approximate surface area is 325 Å². The van der Waals surface area contributed by atoms with E-state index in [9.17, 15) is 0 Å². The van der Waals surface area contributed by atoms with Gasteiger partial charge in [-0.2, -0.15) is 0 Å². The van der Waals surface area contributed by atoms with Crippen molar-refractivity contribution in [1.82, 2.24) is 14.3 Å². The standard InChI is InChI=1S/C52H36N4/c1-3-13-35(14-4-1)41-21-11-31-55-33-47(53-51(41)55)37-23-27-39(28-24-37)49-43-17-7-9-19-45(43)50(46-20-10-8-18-44(46)49)40-29-25-38(26-30-40)48-34-56-32-12-22-42(52(56)54-48)36-15-5-2-6-16-36/h1-33,52H,34H2. The Morgan fingerprint density at radius 1 is 0.482 bits per heavy atom. The third kappa shape index (κ3) is 5.38. The number of rotatable bonds is 6. The van der Waals surface area contributed by atoms with Crippen molar-refractivity contribution in [2.75, 3.05) is 6.54 Å². The molecule has 2 aliphatic rings. The summed E-state index contributed by atoms with van der Waals surface area (Å²) >= 11 is 0. The number of hydrogen-bond acceptors (Lipinski definition) is 3. The third-order valence-electron chi connectivity index (χ3n) is 11.3. The summed E-state index contributed by atoms with van der Waals surface area (Å²) in [5, 5.41) is 4.96. The molecule has 0 N–H and O–H groups in total. The van der Waals surface area contributed by atoms with E-state index < -0.39 is 0 Å². The predicted octanol–water partition coefficient (Wildman–Crippen LogP) is 12.4. The van der Waals surface area contributed by atoms with Crippen LogP contribution in [0.5, 0.6) is 0 Å². The molecule has 0 amide bonds. The molecule has 1 unspecified atom stereocenters. The maximum Gasteiger partial charge on any atom is 0.148 e. The predicted molar refractivity (Wildman–Crippen MR) is 233 cm³/mol. The summed E-state index contributed by atoms with van der Waals surface area (Å²) in [5.74, 6) is 0. The summed E-state index contributed by atoms with van der Waals surface area (Å²) < 4.78 is 2.12. The molecule has 11 rings (SSSR count). The molecule has 4 heteroatoms. The maximum atomic E-state index is 5.26. The molecule has 0 spiro atoms. The van der Waals surface area contributed by atoms with Crippen molar-refractivity contribution < 1.29 is 0 Å². The molecule has 0 aliphatic carbocycles. The highest BCUT2D eigenvalue weighted by molar-refractivity contribution is 6.21.